The van der Waals surface area contributed by atoms with Crippen LogP contribution in [0.5, 0.6) is 11.5 Å². The minimum atomic E-state index is -2.93. The Morgan fingerprint density at radius 3 is 2.94 bits per heavy atom. The molecule has 98 valence electrons. The van der Waals surface area contributed by atoms with Crippen molar-refractivity contribution < 1.29 is 32.7 Å². The standard InChI is InChI=1S/C10H11BF2O5/c1-15-5-16-8-3-7(18-10(12)13)2-6-4-17-11(14)9(6)8/h2-3,10,14H,4-5H2,1H3. The van der Waals surface area contributed by atoms with Crippen molar-refractivity contribution in [2.24, 2.45) is 0 Å². The van der Waals surface area contributed by atoms with E-state index in [1.54, 1.807) is 0 Å². The molecule has 1 heterocycles. The quantitative estimate of drug-likeness (QED) is 0.616. The highest BCUT2D eigenvalue weighted by atomic mass is 19.3. The molecular formula is C10H11BF2O5. The minimum absolute atomic E-state index is 0.0486. The highest BCUT2D eigenvalue weighted by Crippen LogP contribution is 2.26. The molecule has 1 aromatic carbocycles. The van der Waals surface area contributed by atoms with Gasteiger partial charge in [0.15, 0.2) is 6.79 Å². The molecule has 1 N–H and O–H groups in total. The first kappa shape index (κ1) is 13.1. The third kappa shape index (κ3) is 2.71. The molecule has 1 aliphatic rings. The van der Waals surface area contributed by atoms with Gasteiger partial charge >= 0.3 is 13.7 Å². The summed E-state index contributed by atoms with van der Waals surface area (Å²) in [6.45, 7) is -2.89. The fourth-order valence-electron chi connectivity index (χ4n) is 1.72. The zero-order valence-electron chi connectivity index (χ0n) is 9.56. The van der Waals surface area contributed by atoms with E-state index in [1.165, 1.54) is 19.2 Å². The number of fused-ring (bicyclic) bond motifs is 1. The second kappa shape index (κ2) is 5.51. The molecule has 0 saturated heterocycles. The maximum Gasteiger partial charge on any atom is 0.495 e. The molecule has 5 nitrogen and oxygen atoms in total. The van der Waals surface area contributed by atoms with E-state index in [-0.39, 0.29) is 24.9 Å². The molecule has 0 radical (unpaired) electrons. The zero-order chi connectivity index (χ0) is 13.1. The molecule has 0 aromatic heterocycles. The summed E-state index contributed by atoms with van der Waals surface area (Å²) in [6, 6.07) is 2.65. The van der Waals surface area contributed by atoms with Crippen molar-refractivity contribution in [3.8, 4) is 11.5 Å². The van der Waals surface area contributed by atoms with Crippen molar-refractivity contribution in [1.82, 2.24) is 0 Å². The monoisotopic (exact) mass is 260 g/mol. The molecule has 1 aliphatic heterocycles. The molecule has 0 spiro atoms. The molecule has 0 aliphatic carbocycles. The number of alkyl halides is 2. The van der Waals surface area contributed by atoms with Gasteiger partial charge in [0.1, 0.15) is 11.5 Å². The predicted octanol–water partition coefficient (Wildman–Crippen LogP) is 0.488. The first-order valence-electron chi connectivity index (χ1n) is 5.15. The van der Waals surface area contributed by atoms with Gasteiger partial charge in [-0.2, -0.15) is 8.78 Å². The van der Waals surface area contributed by atoms with Crippen LogP contribution in [0.2, 0.25) is 0 Å². The summed E-state index contributed by atoms with van der Waals surface area (Å²) in [4.78, 5) is 0. The Labute approximate surface area is 102 Å². The summed E-state index contributed by atoms with van der Waals surface area (Å²) in [5.41, 5.74) is 0.959. The molecule has 0 bridgehead atoms. The van der Waals surface area contributed by atoms with Crippen molar-refractivity contribution in [3.63, 3.8) is 0 Å². The first-order valence-corrected chi connectivity index (χ1v) is 5.15. The van der Waals surface area contributed by atoms with E-state index in [0.29, 0.717) is 11.0 Å². The minimum Gasteiger partial charge on any atom is -0.468 e. The maximum absolute atomic E-state index is 12.2. The fourth-order valence-corrected chi connectivity index (χ4v) is 1.72. The van der Waals surface area contributed by atoms with E-state index in [0.717, 1.165) is 0 Å². The van der Waals surface area contributed by atoms with E-state index in [9.17, 15) is 13.8 Å². The SMILES string of the molecule is COCOc1cc(OC(F)F)cc2c1B(O)OC2. The average Bonchev–Trinajstić information content (AvgIpc) is 2.67. The van der Waals surface area contributed by atoms with E-state index in [1.807, 2.05) is 0 Å². The van der Waals surface area contributed by atoms with Gasteiger partial charge < -0.3 is 23.9 Å². The Morgan fingerprint density at radius 1 is 1.50 bits per heavy atom. The van der Waals surface area contributed by atoms with Gasteiger partial charge in [-0.15, -0.1) is 0 Å². The average molecular weight is 260 g/mol. The van der Waals surface area contributed by atoms with Crippen LogP contribution in [0.4, 0.5) is 8.78 Å². The third-order valence-corrected chi connectivity index (χ3v) is 2.40. The molecule has 18 heavy (non-hydrogen) atoms. The largest absolute Gasteiger partial charge is 0.495 e. The summed E-state index contributed by atoms with van der Waals surface area (Å²) >= 11 is 0. The first-order chi connectivity index (χ1) is 8.61. The number of benzene rings is 1. The van der Waals surface area contributed by atoms with Crippen molar-refractivity contribution in [3.05, 3.63) is 17.7 Å². The van der Waals surface area contributed by atoms with Gasteiger partial charge in [0.2, 0.25) is 0 Å². The van der Waals surface area contributed by atoms with E-state index >= 15 is 0 Å². The Hall–Kier alpha value is -1.38. The lowest BCUT2D eigenvalue weighted by Crippen LogP contribution is -2.30. The van der Waals surface area contributed by atoms with Gasteiger partial charge in [0.25, 0.3) is 0 Å². The molecule has 0 atom stereocenters. The van der Waals surface area contributed by atoms with Gasteiger partial charge in [-0.05, 0) is 11.6 Å². The topological polar surface area (TPSA) is 57.2 Å². The summed E-state index contributed by atoms with van der Waals surface area (Å²) < 4.78 is 43.6. The molecule has 2 rings (SSSR count). The molecule has 8 heteroatoms. The fraction of sp³-hybridized carbons (Fsp3) is 0.400. The number of halogens is 2. The Balaban J connectivity index is 2.31. The lowest BCUT2D eigenvalue weighted by atomic mass is 9.78. The number of hydrogen-bond donors (Lipinski definition) is 1. The molecule has 0 amide bonds. The lowest BCUT2D eigenvalue weighted by molar-refractivity contribution is -0.0500. The summed E-state index contributed by atoms with van der Waals surface area (Å²) in [5.74, 6) is 0.155. The van der Waals surface area contributed by atoms with Crippen molar-refractivity contribution in [1.29, 1.82) is 0 Å². The van der Waals surface area contributed by atoms with Crippen LogP contribution in [0.1, 0.15) is 5.56 Å². The van der Waals surface area contributed by atoms with Gasteiger partial charge in [-0.25, -0.2) is 0 Å². The third-order valence-electron chi connectivity index (χ3n) is 2.40. The normalized spacial score (nSPS) is 13.9. The smallest absolute Gasteiger partial charge is 0.468 e. The number of hydrogen-bond acceptors (Lipinski definition) is 5. The Morgan fingerprint density at radius 2 is 2.28 bits per heavy atom. The van der Waals surface area contributed by atoms with Crippen LogP contribution in [0.25, 0.3) is 0 Å². The molecule has 0 fully saturated rings. The molecular weight excluding hydrogens is 249 g/mol. The van der Waals surface area contributed by atoms with Crippen molar-refractivity contribution in [2.75, 3.05) is 13.9 Å². The Bertz CT molecular complexity index is 429. The zero-order valence-corrected chi connectivity index (χ0v) is 9.56. The second-order valence-corrected chi connectivity index (χ2v) is 3.59. The summed E-state index contributed by atoms with van der Waals surface area (Å²) in [5, 5.41) is 9.60. The second-order valence-electron chi connectivity index (χ2n) is 3.59. The van der Waals surface area contributed by atoms with Gasteiger partial charge in [0.05, 0.1) is 6.61 Å². The van der Waals surface area contributed by atoms with Gasteiger partial charge in [0, 0.05) is 18.6 Å². The highest BCUT2D eigenvalue weighted by molar-refractivity contribution is 6.62. The highest BCUT2D eigenvalue weighted by Gasteiger charge is 2.32. The number of ether oxygens (including phenoxy) is 3. The van der Waals surface area contributed by atoms with E-state index < -0.39 is 13.7 Å². The molecule has 1 aromatic rings. The van der Waals surface area contributed by atoms with Crippen LogP contribution in [0.15, 0.2) is 12.1 Å². The van der Waals surface area contributed by atoms with Gasteiger partial charge in [-0.1, -0.05) is 0 Å². The molecule has 0 saturated carbocycles. The van der Waals surface area contributed by atoms with Crippen LogP contribution < -0.4 is 14.9 Å². The van der Waals surface area contributed by atoms with Crippen LogP contribution in [-0.4, -0.2) is 32.7 Å². The predicted molar refractivity (Wildman–Crippen MR) is 58.0 cm³/mol. The molecule has 0 unspecified atom stereocenters. The summed E-state index contributed by atoms with van der Waals surface area (Å²) in [7, 11) is 0.291. The van der Waals surface area contributed by atoms with Crippen LogP contribution in [0.3, 0.4) is 0 Å². The van der Waals surface area contributed by atoms with Crippen molar-refractivity contribution >= 4 is 12.6 Å². The van der Waals surface area contributed by atoms with Gasteiger partial charge in [-0.3, -0.25) is 0 Å². The lowest BCUT2D eigenvalue weighted by Gasteiger charge is -2.12. The van der Waals surface area contributed by atoms with Crippen LogP contribution >= 0.6 is 0 Å². The maximum atomic E-state index is 12.2. The van der Waals surface area contributed by atoms with Crippen LogP contribution in [0, 0.1) is 0 Å². The number of methoxy groups -OCH3 is 1. The van der Waals surface area contributed by atoms with Crippen LogP contribution in [-0.2, 0) is 16.0 Å². The summed E-state index contributed by atoms with van der Waals surface area (Å²) in [6.07, 6.45) is 0. The van der Waals surface area contributed by atoms with E-state index in [2.05, 4.69) is 4.74 Å². The number of rotatable bonds is 5. The Kier molecular flexibility index (Phi) is 4.00. The van der Waals surface area contributed by atoms with E-state index in [4.69, 9.17) is 14.1 Å². The van der Waals surface area contributed by atoms with Crippen molar-refractivity contribution in [2.45, 2.75) is 13.2 Å².